The molecule has 1 unspecified atom stereocenters. The third-order valence-corrected chi connectivity index (χ3v) is 5.64. The van der Waals surface area contributed by atoms with Gasteiger partial charge in [-0.25, -0.2) is 4.79 Å². The zero-order valence-electron chi connectivity index (χ0n) is 14.1. The highest BCUT2D eigenvalue weighted by Gasteiger charge is 2.30. The standard InChI is InChI=1S/C21H20O3S/c1-15-14-18(17-10-6-3-7-11-17)25-20(15)21(23)24-19(22)13-12-16-8-4-2-5-9-16/h2-11,18H,12-14H2,1H3. The van der Waals surface area contributed by atoms with Crippen LogP contribution in [0.15, 0.2) is 71.1 Å². The highest BCUT2D eigenvalue weighted by atomic mass is 32.2. The van der Waals surface area contributed by atoms with Crippen LogP contribution >= 0.6 is 11.8 Å². The van der Waals surface area contributed by atoms with Crippen molar-refractivity contribution in [3.63, 3.8) is 0 Å². The van der Waals surface area contributed by atoms with Gasteiger partial charge in [-0.1, -0.05) is 66.2 Å². The zero-order chi connectivity index (χ0) is 17.6. The lowest BCUT2D eigenvalue weighted by atomic mass is 10.1. The van der Waals surface area contributed by atoms with E-state index in [1.165, 1.54) is 17.3 Å². The van der Waals surface area contributed by atoms with Gasteiger partial charge in [0.1, 0.15) is 0 Å². The third-order valence-electron chi connectivity index (χ3n) is 4.16. The number of rotatable bonds is 5. The summed E-state index contributed by atoms with van der Waals surface area (Å²) < 4.78 is 5.05. The molecule has 0 bridgehead atoms. The largest absolute Gasteiger partial charge is 0.389 e. The molecule has 0 spiro atoms. The fourth-order valence-electron chi connectivity index (χ4n) is 2.82. The van der Waals surface area contributed by atoms with Gasteiger partial charge in [0.2, 0.25) is 0 Å². The Kier molecular flexibility index (Phi) is 5.71. The van der Waals surface area contributed by atoms with E-state index in [0.717, 1.165) is 17.6 Å². The molecule has 0 radical (unpaired) electrons. The van der Waals surface area contributed by atoms with Crippen LogP contribution in [0.4, 0.5) is 0 Å². The summed E-state index contributed by atoms with van der Waals surface area (Å²) in [5, 5.41) is 0.211. The maximum absolute atomic E-state index is 12.3. The van der Waals surface area contributed by atoms with E-state index in [0.29, 0.717) is 11.3 Å². The van der Waals surface area contributed by atoms with Crippen LogP contribution in [0, 0.1) is 0 Å². The number of esters is 2. The first-order valence-corrected chi connectivity index (χ1v) is 9.21. The molecule has 0 fully saturated rings. The van der Waals surface area contributed by atoms with Crippen molar-refractivity contribution in [2.45, 2.75) is 31.4 Å². The summed E-state index contributed by atoms with van der Waals surface area (Å²) in [6.07, 6.45) is 1.58. The second-order valence-electron chi connectivity index (χ2n) is 6.08. The normalized spacial score (nSPS) is 16.8. The number of hydrogen-bond acceptors (Lipinski definition) is 4. The molecule has 0 aromatic heterocycles. The van der Waals surface area contributed by atoms with E-state index in [-0.39, 0.29) is 11.7 Å². The summed E-state index contributed by atoms with van der Waals surface area (Å²) in [6, 6.07) is 19.8. The Hall–Kier alpha value is -2.33. The van der Waals surface area contributed by atoms with Gasteiger partial charge in [0.25, 0.3) is 0 Å². The lowest BCUT2D eigenvalue weighted by molar-refractivity contribution is -0.156. The predicted molar refractivity (Wildman–Crippen MR) is 100.0 cm³/mol. The molecular weight excluding hydrogens is 332 g/mol. The van der Waals surface area contributed by atoms with Crippen molar-refractivity contribution in [3.05, 3.63) is 82.3 Å². The second kappa shape index (κ2) is 8.17. The topological polar surface area (TPSA) is 43.4 Å². The maximum atomic E-state index is 12.3. The van der Waals surface area contributed by atoms with Gasteiger partial charge in [-0.3, -0.25) is 4.79 Å². The molecule has 3 nitrogen and oxygen atoms in total. The van der Waals surface area contributed by atoms with Gasteiger partial charge in [0, 0.05) is 5.25 Å². The monoisotopic (exact) mass is 352 g/mol. The van der Waals surface area contributed by atoms with Crippen molar-refractivity contribution in [2.75, 3.05) is 0 Å². The molecule has 1 heterocycles. The number of ether oxygens (including phenoxy) is 1. The fraction of sp³-hybridized carbons (Fsp3) is 0.238. The zero-order valence-corrected chi connectivity index (χ0v) is 14.9. The van der Waals surface area contributed by atoms with Crippen molar-refractivity contribution in [1.29, 1.82) is 0 Å². The first-order chi connectivity index (χ1) is 12.1. The summed E-state index contributed by atoms with van der Waals surface area (Å²) in [5.41, 5.74) is 3.23. The van der Waals surface area contributed by atoms with Gasteiger partial charge in [0.05, 0.1) is 11.3 Å². The number of hydrogen-bond donors (Lipinski definition) is 0. The molecule has 2 aromatic rings. The molecular formula is C21H20O3S. The van der Waals surface area contributed by atoms with Crippen LogP contribution in [-0.4, -0.2) is 11.9 Å². The Bertz CT molecular complexity index is 781. The number of carbonyl (C=O) groups is 2. The van der Waals surface area contributed by atoms with E-state index >= 15 is 0 Å². The Balaban J connectivity index is 1.54. The lowest BCUT2D eigenvalue weighted by Gasteiger charge is -2.09. The quantitative estimate of drug-likeness (QED) is 0.570. The van der Waals surface area contributed by atoms with Crippen molar-refractivity contribution in [2.24, 2.45) is 0 Å². The first kappa shape index (κ1) is 17.5. The van der Waals surface area contributed by atoms with E-state index in [9.17, 15) is 9.59 Å². The summed E-state index contributed by atoms with van der Waals surface area (Å²) in [6.45, 7) is 1.93. The molecule has 3 rings (SSSR count). The van der Waals surface area contributed by atoms with E-state index in [1.807, 2.05) is 55.5 Å². The van der Waals surface area contributed by atoms with Crippen LogP contribution in [0.2, 0.25) is 0 Å². The number of carbonyl (C=O) groups excluding carboxylic acids is 2. The second-order valence-corrected chi connectivity index (χ2v) is 7.29. The molecule has 0 N–H and O–H groups in total. The highest BCUT2D eigenvalue weighted by Crippen LogP contribution is 2.47. The molecule has 25 heavy (non-hydrogen) atoms. The van der Waals surface area contributed by atoms with E-state index < -0.39 is 11.9 Å². The van der Waals surface area contributed by atoms with Crippen LogP contribution < -0.4 is 0 Å². The number of allylic oxidation sites excluding steroid dienone is 1. The minimum Gasteiger partial charge on any atom is -0.389 e. The molecule has 1 aliphatic rings. The number of aryl methyl sites for hydroxylation is 1. The molecule has 1 atom stereocenters. The molecule has 0 saturated carbocycles. The summed E-state index contributed by atoms with van der Waals surface area (Å²) in [7, 11) is 0. The summed E-state index contributed by atoms with van der Waals surface area (Å²) in [5.74, 6) is -0.989. The highest BCUT2D eigenvalue weighted by molar-refractivity contribution is 8.04. The minimum atomic E-state index is -0.515. The molecule has 0 aliphatic carbocycles. The first-order valence-electron chi connectivity index (χ1n) is 8.34. The average molecular weight is 352 g/mol. The summed E-state index contributed by atoms with van der Waals surface area (Å²) in [4.78, 5) is 24.9. The van der Waals surface area contributed by atoms with Gasteiger partial charge in [-0.15, -0.1) is 11.8 Å². The Morgan fingerprint density at radius 3 is 2.36 bits per heavy atom. The smallest absolute Gasteiger partial charge is 0.352 e. The SMILES string of the molecule is CC1=C(C(=O)OC(=O)CCc2ccccc2)SC(c2ccccc2)C1. The number of benzene rings is 2. The fourth-order valence-corrected chi connectivity index (χ4v) is 4.16. The van der Waals surface area contributed by atoms with E-state index in [4.69, 9.17) is 4.74 Å². The van der Waals surface area contributed by atoms with E-state index in [2.05, 4.69) is 12.1 Å². The summed E-state index contributed by atoms with van der Waals surface area (Å²) >= 11 is 1.49. The van der Waals surface area contributed by atoms with Crippen molar-refractivity contribution in [3.8, 4) is 0 Å². The Morgan fingerprint density at radius 2 is 1.68 bits per heavy atom. The average Bonchev–Trinajstić information content (AvgIpc) is 3.03. The molecule has 128 valence electrons. The van der Waals surface area contributed by atoms with Gasteiger partial charge in [0.15, 0.2) is 0 Å². The molecule has 4 heteroatoms. The van der Waals surface area contributed by atoms with Gasteiger partial charge < -0.3 is 4.74 Å². The molecule has 0 saturated heterocycles. The van der Waals surface area contributed by atoms with Crippen LogP contribution in [0.3, 0.4) is 0 Å². The maximum Gasteiger partial charge on any atom is 0.352 e. The van der Waals surface area contributed by atoms with Crippen LogP contribution in [-0.2, 0) is 20.7 Å². The Morgan fingerprint density at radius 1 is 1.04 bits per heavy atom. The van der Waals surface area contributed by atoms with Gasteiger partial charge >= 0.3 is 11.9 Å². The van der Waals surface area contributed by atoms with Crippen LogP contribution in [0.5, 0.6) is 0 Å². The van der Waals surface area contributed by atoms with Gasteiger partial charge in [-0.2, -0.15) is 0 Å². The van der Waals surface area contributed by atoms with Crippen molar-refractivity contribution in [1.82, 2.24) is 0 Å². The van der Waals surface area contributed by atoms with Crippen LogP contribution in [0.25, 0.3) is 0 Å². The van der Waals surface area contributed by atoms with Crippen LogP contribution in [0.1, 0.15) is 36.1 Å². The Labute approximate surface area is 152 Å². The lowest BCUT2D eigenvalue weighted by Crippen LogP contribution is -2.13. The van der Waals surface area contributed by atoms with Crippen molar-refractivity contribution < 1.29 is 14.3 Å². The van der Waals surface area contributed by atoms with Crippen molar-refractivity contribution >= 4 is 23.7 Å². The minimum absolute atomic E-state index is 0.203. The van der Waals surface area contributed by atoms with E-state index in [1.54, 1.807) is 0 Å². The molecule has 2 aromatic carbocycles. The third kappa shape index (κ3) is 4.60. The predicted octanol–water partition coefficient (Wildman–Crippen LogP) is 4.84. The molecule has 1 aliphatic heterocycles. The molecule has 0 amide bonds. The number of thioether (sulfide) groups is 1. The van der Waals surface area contributed by atoms with Gasteiger partial charge in [-0.05, 0) is 30.9 Å².